The minimum atomic E-state index is -0.322. The first-order valence-corrected chi connectivity index (χ1v) is 15.0. The highest BCUT2D eigenvalue weighted by atomic mass is 35.5. The molecule has 2 aliphatic rings. The lowest BCUT2D eigenvalue weighted by Crippen LogP contribution is -2.41. The Kier molecular flexibility index (Phi) is 10.2. The van der Waals surface area contributed by atoms with Crippen LogP contribution in [0.5, 0.6) is 0 Å². The normalized spacial score (nSPS) is 16.4. The Morgan fingerprint density at radius 2 is 1.61 bits per heavy atom. The highest BCUT2D eigenvalue weighted by molar-refractivity contribution is 6.42. The van der Waals surface area contributed by atoms with Gasteiger partial charge in [0.1, 0.15) is 0 Å². The summed E-state index contributed by atoms with van der Waals surface area (Å²) in [5.74, 6) is 0.145. The van der Waals surface area contributed by atoms with E-state index in [0.717, 1.165) is 70.9 Å². The van der Waals surface area contributed by atoms with Gasteiger partial charge in [0.2, 0.25) is 0 Å². The fraction of sp³-hybridized carbons (Fsp3) is 0.375. The molecule has 2 N–H and O–H groups in total. The molecule has 2 heterocycles. The van der Waals surface area contributed by atoms with Gasteiger partial charge in [-0.15, -0.1) is 0 Å². The Bertz CT molecular complexity index is 1340. The third kappa shape index (κ3) is 8.01. The molecular weight excluding hydrogens is 559 g/mol. The largest absolute Gasteiger partial charge is 0.379 e. The van der Waals surface area contributed by atoms with E-state index in [0.29, 0.717) is 39.3 Å². The van der Waals surface area contributed by atoms with Crippen molar-refractivity contribution >= 4 is 46.4 Å². The molecule has 2 saturated heterocycles. The summed E-state index contributed by atoms with van der Waals surface area (Å²) in [7, 11) is 0. The topological polar surface area (TPSA) is 73.9 Å². The van der Waals surface area contributed by atoms with E-state index in [9.17, 15) is 9.59 Å². The fourth-order valence-corrected chi connectivity index (χ4v) is 5.78. The highest BCUT2D eigenvalue weighted by Crippen LogP contribution is 2.31. The van der Waals surface area contributed by atoms with Crippen molar-refractivity contribution in [2.75, 3.05) is 62.7 Å². The number of morpholine rings is 1. The fourth-order valence-electron chi connectivity index (χ4n) is 5.49. The number of halogens is 2. The van der Waals surface area contributed by atoms with Crippen molar-refractivity contribution in [3.05, 3.63) is 93.5 Å². The van der Waals surface area contributed by atoms with E-state index in [-0.39, 0.29) is 11.8 Å². The van der Waals surface area contributed by atoms with Crippen molar-refractivity contribution < 1.29 is 14.3 Å². The third-order valence-corrected chi connectivity index (χ3v) is 8.56. The predicted octanol–water partition coefficient (Wildman–Crippen LogP) is 5.77. The number of amides is 2. The molecule has 5 rings (SSSR count). The Morgan fingerprint density at radius 3 is 2.34 bits per heavy atom. The van der Waals surface area contributed by atoms with E-state index in [2.05, 4.69) is 50.8 Å². The maximum absolute atomic E-state index is 13.5. The molecule has 7 nitrogen and oxygen atoms in total. The van der Waals surface area contributed by atoms with Gasteiger partial charge in [-0.2, -0.15) is 0 Å². The van der Waals surface area contributed by atoms with Gasteiger partial charge in [-0.1, -0.05) is 53.5 Å². The van der Waals surface area contributed by atoms with Gasteiger partial charge in [-0.3, -0.25) is 14.5 Å². The lowest BCUT2D eigenvalue weighted by molar-refractivity contribution is 0.0383. The second-order valence-electron chi connectivity index (χ2n) is 10.6. The molecule has 0 aliphatic carbocycles. The minimum Gasteiger partial charge on any atom is -0.379 e. The number of nitrogens with one attached hydrogen (secondary N) is 2. The summed E-state index contributed by atoms with van der Waals surface area (Å²) in [5.41, 5.74) is 3.75. The number of ether oxygens (including phenoxy) is 1. The molecule has 0 unspecified atom stereocenters. The van der Waals surface area contributed by atoms with Gasteiger partial charge in [-0.05, 0) is 67.1 Å². The van der Waals surface area contributed by atoms with E-state index in [1.165, 1.54) is 11.6 Å². The van der Waals surface area contributed by atoms with Crippen LogP contribution in [0.15, 0.2) is 66.7 Å². The molecule has 0 bridgehead atoms. The second kappa shape index (κ2) is 14.2. The molecule has 0 spiro atoms. The van der Waals surface area contributed by atoms with Gasteiger partial charge in [0.05, 0.1) is 28.8 Å². The Morgan fingerprint density at radius 1 is 0.854 bits per heavy atom. The van der Waals surface area contributed by atoms with Crippen molar-refractivity contribution in [2.45, 2.75) is 19.3 Å². The molecule has 9 heteroatoms. The number of carbonyl (C=O) groups excluding carboxylic acids is 2. The molecule has 2 amide bonds. The van der Waals surface area contributed by atoms with Crippen LogP contribution in [0.1, 0.15) is 39.1 Å². The van der Waals surface area contributed by atoms with Gasteiger partial charge in [0.25, 0.3) is 11.8 Å². The zero-order valence-corrected chi connectivity index (χ0v) is 24.6. The molecule has 0 atom stereocenters. The standard InChI is InChI=1S/C32H36Cl2N4O3/c33-28-8-6-25(21-29(28)34)31(39)36-26-7-9-30(27(22-26)32(40)35-12-15-37-16-18-41-19-17-37)38-13-10-24(11-14-38)20-23-4-2-1-3-5-23/h1-9,21-22,24H,10-20H2,(H,35,40)(H,36,39). The van der Waals surface area contributed by atoms with Crippen LogP contribution in [0.25, 0.3) is 0 Å². The van der Waals surface area contributed by atoms with Gasteiger partial charge >= 0.3 is 0 Å². The van der Waals surface area contributed by atoms with Gasteiger partial charge in [-0.25, -0.2) is 0 Å². The summed E-state index contributed by atoms with van der Waals surface area (Å²) < 4.78 is 5.43. The lowest BCUT2D eigenvalue weighted by Gasteiger charge is -2.35. The number of rotatable bonds is 9. The summed E-state index contributed by atoms with van der Waals surface area (Å²) in [6.07, 6.45) is 3.19. The molecule has 2 fully saturated rings. The van der Waals surface area contributed by atoms with Crippen molar-refractivity contribution in [1.82, 2.24) is 10.2 Å². The first-order chi connectivity index (χ1) is 20.0. The van der Waals surface area contributed by atoms with E-state index in [1.807, 2.05) is 12.1 Å². The van der Waals surface area contributed by atoms with Crippen LogP contribution in [0.2, 0.25) is 10.0 Å². The number of carbonyl (C=O) groups is 2. The van der Waals surface area contributed by atoms with Crippen molar-refractivity contribution in [2.24, 2.45) is 5.92 Å². The number of hydrogen-bond donors (Lipinski definition) is 2. The van der Waals surface area contributed by atoms with Gasteiger partial charge in [0, 0.05) is 56.2 Å². The van der Waals surface area contributed by atoms with Crippen LogP contribution in [0.3, 0.4) is 0 Å². The Hall–Kier alpha value is -3.10. The molecule has 3 aromatic carbocycles. The molecule has 41 heavy (non-hydrogen) atoms. The summed E-state index contributed by atoms with van der Waals surface area (Å²) >= 11 is 12.1. The van der Waals surface area contributed by atoms with Crippen LogP contribution in [-0.4, -0.2) is 69.2 Å². The van der Waals surface area contributed by atoms with Crippen molar-refractivity contribution in [3.63, 3.8) is 0 Å². The number of piperidine rings is 1. The van der Waals surface area contributed by atoms with Crippen LogP contribution in [-0.2, 0) is 11.2 Å². The molecule has 0 saturated carbocycles. The average Bonchev–Trinajstić information content (AvgIpc) is 3.00. The summed E-state index contributed by atoms with van der Waals surface area (Å²) in [4.78, 5) is 31.0. The van der Waals surface area contributed by atoms with Crippen molar-refractivity contribution in [1.29, 1.82) is 0 Å². The quantitative estimate of drug-likeness (QED) is 0.329. The Labute approximate surface area is 251 Å². The molecule has 0 aromatic heterocycles. The number of hydrogen-bond acceptors (Lipinski definition) is 5. The maximum Gasteiger partial charge on any atom is 0.255 e. The first-order valence-electron chi connectivity index (χ1n) is 14.2. The predicted molar refractivity (Wildman–Crippen MR) is 166 cm³/mol. The molecule has 0 radical (unpaired) electrons. The molecular formula is C32H36Cl2N4O3. The monoisotopic (exact) mass is 594 g/mol. The van der Waals surface area contributed by atoms with E-state index in [4.69, 9.17) is 27.9 Å². The van der Waals surface area contributed by atoms with Crippen LogP contribution in [0, 0.1) is 5.92 Å². The summed E-state index contributed by atoms with van der Waals surface area (Å²) in [6.45, 7) is 6.24. The van der Waals surface area contributed by atoms with Crippen molar-refractivity contribution in [3.8, 4) is 0 Å². The van der Waals surface area contributed by atoms with E-state index >= 15 is 0 Å². The highest BCUT2D eigenvalue weighted by Gasteiger charge is 2.24. The average molecular weight is 596 g/mol. The minimum absolute atomic E-state index is 0.148. The van der Waals surface area contributed by atoms with Gasteiger partial charge in [0.15, 0.2) is 0 Å². The van der Waals surface area contributed by atoms with E-state index < -0.39 is 0 Å². The number of benzene rings is 3. The second-order valence-corrected chi connectivity index (χ2v) is 11.5. The van der Waals surface area contributed by atoms with Crippen LogP contribution >= 0.6 is 23.2 Å². The number of anilines is 2. The summed E-state index contributed by atoms with van der Waals surface area (Å²) in [6, 6.07) is 20.9. The number of nitrogens with zero attached hydrogens (tertiary/aromatic N) is 2. The van der Waals surface area contributed by atoms with Crippen LogP contribution < -0.4 is 15.5 Å². The van der Waals surface area contributed by atoms with E-state index in [1.54, 1.807) is 18.2 Å². The molecule has 3 aromatic rings. The van der Waals surface area contributed by atoms with Gasteiger partial charge < -0.3 is 20.3 Å². The first kappa shape index (κ1) is 29.4. The maximum atomic E-state index is 13.5. The zero-order valence-electron chi connectivity index (χ0n) is 23.1. The Balaban J connectivity index is 1.29. The smallest absolute Gasteiger partial charge is 0.255 e. The third-order valence-electron chi connectivity index (χ3n) is 7.82. The SMILES string of the molecule is O=C(Nc1ccc(N2CCC(Cc3ccccc3)CC2)c(C(=O)NCCN2CCOCC2)c1)c1ccc(Cl)c(Cl)c1. The van der Waals surface area contributed by atoms with Crippen LogP contribution in [0.4, 0.5) is 11.4 Å². The lowest BCUT2D eigenvalue weighted by atomic mass is 9.89. The summed E-state index contributed by atoms with van der Waals surface area (Å²) in [5, 5.41) is 6.71. The molecule has 216 valence electrons. The zero-order chi connectivity index (χ0) is 28.6. The molecule has 2 aliphatic heterocycles.